The molecule has 0 aliphatic heterocycles. The van der Waals surface area contributed by atoms with E-state index in [0.717, 1.165) is 12.1 Å². The number of aromatic nitrogens is 2. The summed E-state index contributed by atoms with van der Waals surface area (Å²) < 4.78 is 0. The molecule has 5 heteroatoms. The van der Waals surface area contributed by atoms with Gasteiger partial charge in [-0.1, -0.05) is 13.3 Å². The standard InChI is InChI=1S/C12H20N4O/c1-4-5-12(2,13)11(17)16(3)9-10-8-14-6-7-15-10/h6-8H,4-5,9,13H2,1-3H3. The van der Waals surface area contributed by atoms with Gasteiger partial charge in [0.15, 0.2) is 0 Å². The fourth-order valence-electron chi connectivity index (χ4n) is 1.79. The van der Waals surface area contributed by atoms with Crippen LogP contribution in [0, 0.1) is 0 Å². The maximum atomic E-state index is 12.1. The summed E-state index contributed by atoms with van der Waals surface area (Å²) in [5, 5.41) is 0. The Morgan fingerprint density at radius 2 is 2.24 bits per heavy atom. The highest BCUT2D eigenvalue weighted by Gasteiger charge is 2.30. The minimum absolute atomic E-state index is 0.0648. The lowest BCUT2D eigenvalue weighted by Crippen LogP contribution is -2.51. The Kier molecular flexibility index (Phi) is 4.57. The zero-order chi connectivity index (χ0) is 12.9. The highest BCUT2D eigenvalue weighted by Crippen LogP contribution is 2.13. The first kappa shape index (κ1) is 13.6. The first-order valence-electron chi connectivity index (χ1n) is 5.76. The zero-order valence-corrected chi connectivity index (χ0v) is 10.7. The van der Waals surface area contributed by atoms with E-state index in [4.69, 9.17) is 5.73 Å². The van der Waals surface area contributed by atoms with Gasteiger partial charge in [0.05, 0.1) is 24.0 Å². The van der Waals surface area contributed by atoms with Crippen LogP contribution in [0.3, 0.4) is 0 Å². The first-order valence-corrected chi connectivity index (χ1v) is 5.76. The fraction of sp³-hybridized carbons (Fsp3) is 0.583. The summed E-state index contributed by atoms with van der Waals surface area (Å²) in [7, 11) is 1.73. The van der Waals surface area contributed by atoms with Crippen molar-refractivity contribution in [2.24, 2.45) is 5.73 Å². The van der Waals surface area contributed by atoms with Crippen molar-refractivity contribution < 1.29 is 4.79 Å². The summed E-state index contributed by atoms with van der Waals surface area (Å²) in [4.78, 5) is 21.8. The highest BCUT2D eigenvalue weighted by molar-refractivity contribution is 5.85. The molecule has 0 aromatic carbocycles. The lowest BCUT2D eigenvalue weighted by Gasteiger charge is -2.28. The number of carbonyl (C=O) groups excluding carboxylic acids is 1. The van der Waals surface area contributed by atoms with Gasteiger partial charge in [-0.2, -0.15) is 0 Å². The molecule has 0 fully saturated rings. The number of nitrogens with two attached hydrogens (primary N) is 1. The van der Waals surface area contributed by atoms with Crippen LogP contribution in [0.4, 0.5) is 0 Å². The maximum Gasteiger partial charge on any atom is 0.242 e. The van der Waals surface area contributed by atoms with Gasteiger partial charge in [-0.3, -0.25) is 14.8 Å². The van der Waals surface area contributed by atoms with Crippen molar-refractivity contribution in [3.8, 4) is 0 Å². The van der Waals surface area contributed by atoms with E-state index in [1.54, 1.807) is 37.5 Å². The van der Waals surface area contributed by atoms with Crippen molar-refractivity contribution in [3.63, 3.8) is 0 Å². The largest absolute Gasteiger partial charge is 0.338 e. The van der Waals surface area contributed by atoms with Gasteiger partial charge < -0.3 is 10.6 Å². The van der Waals surface area contributed by atoms with Crippen LogP contribution in [0.5, 0.6) is 0 Å². The zero-order valence-electron chi connectivity index (χ0n) is 10.7. The van der Waals surface area contributed by atoms with Gasteiger partial charge in [-0.15, -0.1) is 0 Å². The Morgan fingerprint density at radius 3 is 2.76 bits per heavy atom. The minimum Gasteiger partial charge on any atom is -0.338 e. The third kappa shape index (κ3) is 3.78. The molecule has 1 heterocycles. The van der Waals surface area contributed by atoms with Gasteiger partial charge in [0.2, 0.25) is 5.91 Å². The van der Waals surface area contributed by atoms with Crippen molar-refractivity contribution in [3.05, 3.63) is 24.3 Å². The van der Waals surface area contributed by atoms with E-state index in [0.29, 0.717) is 13.0 Å². The molecule has 1 amide bonds. The van der Waals surface area contributed by atoms with Gasteiger partial charge in [0.1, 0.15) is 0 Å². The Balaban J connectivity index is 2.65. The molecule has 1 unspecified atom stereocenters. The van der Waals surface area contributed by atoms with Crippen molar-refractivity contribution in [1.82, 2.24) is 14.9 Å². The second-order valence-electron chi connectivity index (χ2n) is 4.53. The van der Waals surface area contributed by atoms with Crippen LogP contribution in [0.25, 0.3) is 0 Å². The predicted molar refractivity (Wildman–Crippen MR) is 66.0 cm³/mol. The quantitative estimate of drug-likeness (QED) is 0.826. The predicted octanol–water partition coefficient (Wildman–Crippen LogP) is 0.952. The monoisotopic (exact) mass is 236 g/mol. The van der Waals surface area contributed by atoms with Gasteiger partial charge in [0.25, 0.3) is 0 Å². The molecule has 17 heavy (non-hydrogen) atoms. The van der Waals surface area contributed by atoms with E-state index in [1.807, 2.05) is 6.92 Å². The molecule has 0 spiro atoms. The molecule has 1 aromatic rings. The summed E-state index contributed by atoms with van der Waals surface area (Å²) >= 11 is 0. The number of nitrogens with zero attached hydrogens (tertiary/aromatic N) is 3. The minimum atomic E-state index is -0.800. The Labute approximate surface area is 102 Å². The number of amides is 1. The summed E-state index contributed by atoms with van der Waals surface area (Å²) in [6, 6.07) is 0. The van der Waals surface area contributed by atoms with Crippen LogP contribution < -0.4 is 5.73 Å². The van der Waals surface area contributed by atoms with Crippen molar-refractivity contribution in [2.75, 3.05) is 7.05 Å². The SMILES string of the molecule is CCCC(C)(N)C(=O)N(C)Cc1cnccn1. The molecular formula is C12H20N4O. The van der Waals surface area contributed by atoms with Gasteiger partial charge >= 0.3 is 0 Å². The van der Waals surface area contributed by atoms with Gasteiger partial charge in [-0.05, 0) is 13.3 Å². The summed E-state index contributed by atoms with van der Waals surface area (Å²) in [5.41, 5.74) is 5.96. The number of rotatable bonds is 5. The third-order valence-electron chi connectivity index (χ3n) is 2.62. The van der Waals surface area contributed by atoms with Crippen molar-refractivity contribution in [1.29, 1.82) is 0 Å². The molecule has 0 aliphatic rings. The maximum absolute atomic E-state index is 12.1. The lowest BCUT2D eigenvalue weighted by atomic mass is 9.96. The summed E-state index contributed by atoms with van der Waals surface area (Å²) in [5.74, 6) is -0.0648. The Hall–Kier alpha value is -1.49. The van der Waals surface area contributed by atoms with E-state index in [2.05, 4.69) is 9.97 Å². The second-order valence-corrected chi connectivity index (χ2v) is 4.53. The van der Waals surface area contributed by atoms with Crippen molar-refractivity contribution >= 4 is 5.91 Å². The van der Waals surface area contributed by atoms with Crippen LogP contribution in [0.1, 0.15) is 32.4 Å². The van der Waals surface area contributed by atoms with Crippen molar-refractivity contribution in [2.45, 2.75) is 38.8 Å². The second kappa shape index (κ2) is 5.72. The number of likely N-dealkylation sites (N-methyl/N-ethyl adjacent to an activating group) is 1. The van der Waals surface area contributed by atoms with Gasteiger partial charge in [0, 0.05) is 19.4 Å². The van der Waals surface area contributed by atoms with E-state index in [-0.39, 0.29) is 5.91 Å². The smallest absolute Gasteiger partial charge is 0.242 e. The molecule has 2 N–H and O–H groups in total. The fourth-order valence-corrected chi connectivity index (χ4v) is 1.79. The Morgan fingerprint density at radius 1 is 1.53 bits per heavy atom. The molecule has 1 atom stereocenters. The molecule has 1 aromatic heterocycles. The molecule has 0 saturated carbocycles. The molecular weight excluding hydrogens is 216 g/mol. The van der Waals surface area contributed by atoms with Crippen LogP contribution in [0.15, 0.2) is 18.6 Å². The van der Waals surface area contributed by atoms with Crippen LogP contribution in [-0.2, 0) is 11.3 Å². The molecule has 1 rings (SSSR count). The average molecular weight is 236 g/mol. The van der Waals surface area contributed by atoms with E-state index in [9.17, 15) is 4.79 Å². The third-order valence-corrected chi connectivity index (χ3v) is 2.62. The van der Waals surface area contributed by atoms with Crippen LogP contribution in [-0.4, -0.2) is 33.4 Å². The molecule has 94 valence electrons. The molecule has 0 saturated heterocycles. The Bertz CT molecular complexity index is 364. The highest BCUT2D eigenvalue weighted by atomic mass is 16.2. The molecule has 0 aliphatic carbocycles. The summed E-state index contributed by atoms with van der Waals surface area (Å²) in [6.07, 6.45) is 6.43. The molecule has 0 radical (unpaired) electrons. The first-order chi connectivity index (χ1) is 7.97. The number of hydrogen-bond acceptors (Lipinski definition) is 4. The van der Waals surface area contributed by atoms with Crippen LogP contribution in [0.2, 0.25) is 0 Å². The molecule has 5 nitrogen and oxygen atoms in total. The van der Waals surface area contributed by atoms with E-state index in [1.165, 1.54) is 0 Å². The average Bonchev–Trinajstić information content (AvgIpc) is 2.29. The molecule has 0 bridgehead atoms. The normalized spacial score (nSPS) is 14.1. The summed E-state index contributed by atoms with van der Waals surface area (Å²) in [6.45, 7) is 4.22. The van der Waals surface area contributed by atoms with E-state index >= 15 is 0 Å². The number of hydrogen-bond donors (Lipinski definition) is 1. The van der Waals surface area contributed by atoms with Gasteiger partial charge in [-0.25, -0.2) is 0 Å². The van der Waals surface area contributed by atoms with E-state index < -0.39 is 5.54 Å². The topological polar surface area (TPSA) is 72.1 Å². The van der Waals surface area contributed by atoms with Crippen LogP contribution >= 0.6 is 0 Å². The lowest BCUT2D eigenvalue weighted by molar-refractivity contribution is -0.135. The number of carbonyl (C=O) groups is 1.